The number of likely N-dealkylation sites (tertiary alicyclic amines) is 2. The Bertz CT molecular complexity index is 553. The highest BCUT2D eigenvalue weighted by Crippen LogP contribution is 2.38. The number of likely N-dealkylation sites (N-methyl/N-ethyl adjacent to an activating group) is 1. The molecule has 0 aliphatic carbocycles. The molecule has 0 aromatic heterocycles. The summed E-state index contributed by atoms with van der Waals surface area (Å²) in [4.78, 5) is 39.9. The van der Waals surface area contributed by atoms with E-state index in [1.54, 1.807) is 0 Å². The lowest BCUT2D eigenvalue weighted by atomic mass is 9.96. The lowest BCUT2D eigenvalue weighted by Gasteiger charge is -2.22. The SMILES string of the molecule is CN(C)CCN1CC(C(=O)N2C[C@@H](C(F)(F)F)[C@H](C(=O)O)C2)CC1=O. The highest BCUT2D eigenvalue weighted by Gasteiger charge is 2.54. The van der Waals surface area contributed by atoms with Crippen molar-refractivity contribution < 1.29 is 32.7 Å². The molecule has 0 bridgehead atoms. The van der Waals surface area contributed by atoms with Crippen molar-refractivity contribution in [2.75, 3.05) is 46.8 Å². The zero-order valence-electron chi connectivity index (χ0n) is 14.1. The zero-order valence-corrected chi connectivity index (χ0v) is 14.1. The Morgan fingerprint density at radius 1 is 1.24 bits per heavy atom. The predicted octanol–water partition coefficient (Wildman–Crippen LogP) is 0.118. The molecule has 2 saturated heterocycles. The van der Waals surface area contributed by atoms with Crippen LogP contribution in [0.4, 0.5) is 13.2 Å². The molecule has 2 rings (SSSR count). The molecule has 25 heavy (non-hydrogen) atoms. The van der Waals surface area contributed by atoms with Crippen molar-refractivity contribution in [2.24, 2.45) is 17.8 Å². The number of rotatable bonds is 5. The van der Waals surface area contributed by atoms with Crippen LogP contribution in [0.2, 0.25) is 0 Å². The summed E-state index contributed by atoms with van der Waals surface area (Å²) >= 11 is 0. The summed E-state index contributed by atoms with van der Waals surface area (Å²) < 4.78 is 39.1. The average molecular weight is 365 g/mol. The Morgan fingerprint density at radius 3 is 2.36 bits per heavy atom. The molecular weight excluding hydrogens is 343 g/mol. The molecule has 0 spiro atoms. The van der Waals surface area contributed by atoms with Gasteiger partial charge in [-0.25, -0.2) is 0 Å². The fourth-order valence-electron chi connectivity index (χ4n) is 3.30. The van der Waals surface area contributed by atoms with Crippen LogP contribution in [-0.4, -0.2) is 90.6 Å². The van der Waals surface area contributed by atoms with Gasteiger partial charge in [-0.3, -0.25) is 14.4 Å². The second kappa shape index (κ2) is 7.19. The van der Waals surface area contributed by atoms with Crippen LogP contribution in [0, 0.1) is 17.8 Å². The first-order valence-corrected chi connectivity index (χ1v) is 8.01. The first kappa shape index (κ1) is 19.5. The van der Waals surface area contributed by atoms with Crippen molar-refractivity contribution in [3.8, 4) is 0 Å². The number of halogens is 3. The summed E-state index contributed by atoms with van der Waals surface area (Å²) in [5, 5.41) is 9.01. The van der Waals surface area contributed by atoms with Crippen LogP contribution >= 0.6 is 0 Å². The van der Waals surface area contributed by atoms with Gasteiger partial charge in [-0.2, -0.15) is 13.2 Å². The third-order valence-electron chi connectivity index (χ3n) is 4.75. The molecule has 2 heterocycles. The molecule has 0 aromatic rings. The molecule has 10 heteroatoms. The Hall–Kier alpha value is -1.84. The van der Waals surface area contributed by atoms with Gasteiger partial charge < -0.3 is 19.8 Å². The van der Waals surface area contributed by atoms with Crippen LogP contribution in [-0.2, 0) is 14.4 Å². The Balaban J connectivity index is 2.01. The number of carbonyl (C=O) groups excluding carboxylic acids is 2. The maximum atomic E-state index is 13.0. The van der Waals surface area contributed by atoms with Crippen LogP contribution < -0.4 is 0 Å². The third kappa shape index (κ3) is 4.42. The zero-order chi connectivity index (χ0) is 18.9. The molecule has 2 fully saturated rings. The molecule has 2 aliphatic heterocycles. The van der Waals surface area contributed by atoms with Crippen molar-refractivity contribution in [2.45, 2.75) is 12.6 Å². The largest absolute Gasteiger partial charge is 0.481 e. The summed E-state index contributed by atoms with van der Waals surface area (Å²) in [5.74, 6) is -6.79. The van der Waals surface area contributed by atoms with Crippen molar-refractivity contribution >= 4 is 17.8 Å². The van der Waals surface area contributed by atoms with E-state index in [2.05, 4.69) is 0 Å². The van der Waals surface area contributed by atoms with Crippen molar-refractivity contribution in [1.29, 1.82) is 0 Å². The van der Waals surface area contributed by atoms with E-state index < -0.39 is 48.9 Å². The number of nitrogens with zero attached hydrogens (tertiary/aromatic N) is 3. The number of alkyl halides is 3. The standard InChI is InChI=1S/C15H22F3N3O4/c1-19(2)3-4-20-6-9(5-12(20)22)13(23)21-7-10(14(24)25)11(8-21)15(16,17)18/h9-11H,3-8H2,1-2H3,(H,24,25)/t9?,10-,11-/m1/s1. The fraction of sp³-hybridized carbons (Fsp3) is 0.800. The number of carbonyl (C=O) groups is 3. The summed E-state index contributed by atoms with van der Waals surface area (Å²) in [6, 6.07) is 0. The van der Waals surface area contributed by atoms with Gasteiger partial charge in [0.15, 0.2) is 0 Å². The normalized spacial score (nSPS) is 27.4. The minimum Gasteiger partial charge on any atom is -0.481 e. The van der Waals surface area contributed by atoms with E-state index in [0.29, 0.717) is 13.1 Å². The summed E-state index contributed by atoms with van der Waals surface area (Å²) in [5.41, 5.74) is 0. The maximum Gasteiger partial charge on any atom is 0.394 e. The third-order valence-corrected chi connectivity index (χ3v) is 4.75. The van der Waals surface area contributed by atoms with E-state index >= 15 is 0 Å². The van der Waals surface area contributed by atoms with Gasteiger partial charge in [0.2, 0.25) is 11.8 Å². The molecule has 1 N–H and O–H groups in total. The number of hydrogen-bond donors (Lipinski definition) is 1. The fourth-order valence-corrected chi connectivity index (χ4v) is 3.30. The minimum atomic E-state index is -4.68. The smallest absolute Gasteiger partial charge is 0.394 e. The maximum absolute atomic E-state index is 13.0. The van der Waals surface area contributed by atoms with E-state index in [1.807, 2.05) is 19.0 Å². The second-order valence-electron chi connectivity index (χ2n) is 6.88. The average Bonchev–Trinajstić information content (AvgIpc) is 3.08. The first-order valence-electron chi connectivity index (χ1n) is 8.01. The highest BCUT2D eigenvalue weighted by atomic mass is 19.4. The number of amides is 2. The van der Waals surface area contributed by atoms with E-state index in [1.165, 1.54) is 4.90 Å². The number of aliphatic carboxylic acids is 1. The molecule has 2 amide bonds. The van der Waals surface area contributed by atoms with Gasteiger partial charge in [0, 0.05) is 39.1 Å². The van der Waals surface area contributed by atoms with Gasteiger partial charge in [-0.05, 0) is 14.1 Å². The first-order chi connectivity index (χ1) is 11.5. The van der Waals surface area contributed by atoms with Crippen LogP contribution in [0.15, 0.2) is 0 Å². The van der Waals surface area contributed by atoms with Crippen LogP contribution in [0.1, 0.15) is 6.42 Å². The molecule has 2 aliphatic rings. The molecule has 3 atom stereocenters. The number of carboxylic acids is 1. The van der Waals surface area contributed by atoms with Gasteiger partial charge in [-0.15, -0.1) is 0 Å². The summed E-state index contributed by atoms with van der Waals surface area (Å²) in [7, 11) is 3.69. The quantitative estimate of drug-likeness (QED) is 0.748. The lowest BCUT2D eigenvalue weighted by Crippen LogP contribution is -2.38. The van der Waals surface area contributed by atoms with Gasteiger partial charge in [0.1, 0.15) is 0 Å². The Kier molecular flexibility index (Phi) is 5.60. The van der Waals surface area contributed by atoms with Crippen molar-refractivity contribution in [1.82, 2.24) is 14.7 Å². The summed E-state index contributed by atoms with van der Waals surface area (Å²) in [6.07, 6.45) is -4.72. The lowest BCUT2D eigenvalue weighted by molar-refractivity contribution is -0.188. The molecule has 0 aromatic carbocycles. The van der Waals surface area contributed by atoms with Crippen LogP contribution in [0.5, 0.6) is 0 Å². The Morgan fingerprint density at radius 2 is 1.88 bits per heavy atom. The molecule has 142 valence electrons. The second-order valence-corrected chi connectivity index (χ2v) is 6.88. The van der Waals surface area contributed by atoms with Gasteiger partial charge in [0.05, 0.1) is 17.8 Å². The van der Waals surface area contributed by atoms with Gasteiger partial charge in [0.25, 0.3) is 0 Å². The predicted molar refractivity (Wildman–Crippen MR) is 80.5 cm³/mol. The van der Waals surface area contributed by atoms with E-state index in [-0.39, 0.29) is 18.9 Å². The monoisotopic (exact) mass is 365 g/mol. The van der Waals surface area contributed by atoms with Crippen molar-refractivity contribution in [3.63, 3.8) is 0 Å². The van der Waals surface area contributed by atoms with Crippen LogP contribution in [0.3, 0.4) is 0 Å². The molecular formula is C15H22F3N3O4. The summed E-state index contributed by atoms with van der Waals surface area (Å²) in [6.45, 7) is 0.0883. The van der Waals surface area contributed by atoms with Crippen molar-refractivity contribution in [3.05, 3.63) is 0 Å². The van der Waals surface area contributed by atoms with E-state index in [0.717, 1.165) is 4.90 Å². The number of carboxylic acid groups (broad SMARTS) is 1. The Labute approximate surface area is 143 Å². The van der Waals surface area contributed by atoms with Crippen LogP contribution in [0.25, 0.3) is 0 Å². The van der Waals surface area contributed by atoms with E-state index in [9.17, 15) is 27.6 Å². The van der Waals surface area contributed by atoms with Gasteiger partial charge in [-0.1, -0.05) is 0 Å². The molecule has 0 saturated carbocycles. The topological polar surface area (TPSA) is 81.2 Å². The van der Waals surface area contributed by atoms with Gasteiger partial charge >= 0.3 is 12.1 Å². The molecule has 0 radical (unpaired) electrons. The minimum absolute atomic E-state index is 0.0445. The molecule has 1 unspecified atom stereocenters. The highest BCUT2D eigenvalue weighted by molar-refractivity contribution is 5.89. The molecule has 7 nitrogen and oxygen atoms in total. The van der Waals surface area contributed by atoms with E-state index in [4.69, 9.17) is 5.11 Å². The number of hydrogen-bond acceptors (Lipinski definition) is 4.